The van der Waals surface area contributed by atoms with E-state index in [1.165, 1.54) is 0 Å². The first-order valence-corrected chi connectivity index (χ1v) is 6.02. The Morgan fingerprint density at radius 1 is 1.32 bits per heavy atom. The third-order valence-electron chi connectivity index (χ3n) is 2.36. The lowest BCUT2D eigenvalue weighted by atomic mass is 10.1. The molecule has 0 saturated carbocycles. The van der Waals surface area contributed by atoms with Crippen LogP contribution in [0.3, 0.4) is 0 Å². The standard InChI is InChI=1S/C13H9BrFNO3/c14-7-2-1-3-8(4-7)19-12-5-9(13(17)18)11(16)6-10(12)15/h1-6H,16H2,(H,17,18). The second-order valence-corrected chi connectivity index (χ2v) is 4.65. The fourth-order valence-electron chi connectivity index (χ4n) is 1.49. The minimum Gasteiger partial charge on any atom is -0.478 e. The molecule has 2 aromatic rings. The number of carboxylic acid groups (broad SMARTS) is 1. The van der Waals surface area contributed by atoms with Crippen molar-refractivity contribution in [3.8, 4) is 11.5 Å². The first-order chi connectivity index (χ1) is 8.97. The molecule has 0 aromatic heterocycles. The molecule has 0 aliphatic heterocycles. The van der Waals surface area contributed by atoms with E-state index >= 15 is 0 Å². The Kier molecular flexibility index (Phi) is 3.71. The van der Waals surface area contributed by atoms with Gasteiger partial charge < -0.3 is 15.6 Å². The molecule has 0 atom stereocenters. The molecule has 0 aliphatic rings. The highest BCUT2D eigenvalue weighted by molar-refractivity contribution is 9.10. The van der Waals surface area contributed by atoms with Gasteiger partial charge in [0.25, 0.3) is 0 Å². The first kappa shape index (κ1) is 13.4. The highest BCUT2D eigenvalue weighted by Crippen LogP contribution is 2.29. The molecule has 4 nitrogen and oxygen atoms in total. The number of nitrogen functional groups attached to an aromatic ring is 1. The van der Waals surface area contributed by atoms with Gasteiger partial charge in [-0.3, -0.25) is 0 Å². The summed E-state index contributed by atoms with van der Waals surface area (Å²) in [6, 6.07) is 8.75. The summed E-state index contributed by atoms with van der Waals surface area (Å²) in [5.41, 5.74) is 5.08. The van der Waals surface area contributed by atoms with E-state index in [4.69, 9.17) is 15.6 Å². The lowest BCUT2D eigenvalue weighted by Gasteiger charge is -2.09. The van der Waals surface area contributed by atoms with Crippen LogP contribution in [0.15, 0.2) is 40.9 Å². The van der Waals surface area contributed by atoms with E-state index in [2.05, 4.69) is 15.9 Å². The van der Waals surface area contributed by atoms with Gasteiger partial charge in [-0.1, -0.05) is 22.0 Å². The number of halogens is 2. The van der Waals surface area contributed by atoms with Gasteiger partial charge in [-0.05, 0) is 18.2 Å². The fraction of sp³-hybridized carbons (Fsp3) is 0. The number of aromatic carboxylic acids is 1. The van der Waals surface area contributed by atoms with Crippen LogP contribution < -0.4 is 10.5 Å². The van der Waals surface area contributed by atoms with Crippen LogP contribution in [0.25, 0.3) is 0 Å². The van der Waals surface area contributed by atoms with Gasteiger partial charge in [-0.25, -0.2) is 9.18 Å². The molecule has 19 heavy (non-hydrogen) atoms. The number of anilines is 1. The van der Waals surface area contributed by atoms with E-state index in [0.717, 1.165) is 16.6 Å². The molecule has 0 fully saturated rings. The molecule has 3 N–H and O–H groups in total. The SMILES string of the molecule is Nc1cc(F)c(Oc2cccc(Br)c2)cc1C(=O)O. The number of rotatable bonds is 3. The number of benzene rings is 2. The zero-order valence-corrected chi connectivity index (χ0v) is 11.1. The molecule has 2 aromatic carbocycles. The Hall–Kier alpha value is -2.08. The van der Waals surface area contributed by atoms with Crippen LogP contribution in [0, 0.1) is 5.82 Å². The van der Waals surface area contributed by atoms with Gasteiger partial charge >= 0.3 is 5.97 Å². The summed E-state index contributed by atoms with van der Waals surface area (Å²) in [6.45, 7) is 0. The minimum atomic E-state index is -1.24. The predicted octanol–water partition coefficient (Wildman–Crippen LogP) is 3.66. The van der Waals surface area contributed by atoms with Crippen molar-refractivity contribution in [2.24, 2.45) is 0 Å². The van der Waals surface area contributed by atoms with Crippen molar-refractivity contribution in [1.29, 1.82) is 0 Å². The monoisotopic (exact) mass is 325 g/mol. The third-order valence-corrected chi connectivity index (χ3v) is 2.85. The topological polar surface area (TPSA) is 72.5 Å². The summed E-state index contributed by atoms with van der Waals surface area (Å²) in [4.78, 5) is 10.9. The molecule has 6 heteroatoms. The van der Waals surface area contributed by atoms with Gasteiger partial charge in [0, 0.05) is 22.3 Å². The number of ether oxygens (including phenoxy) is 1. The molecule has 0 aliphatic carbocycles. The minimum absolute atomic E-state index is 0.147. The van der Waals surface area contributed by atoms with Crippen LogP contribution in [0.1, 0.15) is 10.4 Å². The summed E-state index contributed by atoms with van der Waals surface area (Å²) in [5.74, 6) is -1.77. The van der Waals surface area contributed by atoms with E-state index < -0.39 is 11.8 Å². The smallest absolute Gasteiger partial charge is 0.337 e. The Morgan fingerprint density at radius 3 is 2.68 bits per heavy atom. The van der Waals surface area contributed by atoms with Crippen molar-refractivity contribution in [3.05, 3.63) is 52.3 Å². The zero-order chi connectivity index (χ0) is 14.0. The summed E-state index contributed by atoms with van der Waals surface area (Å²) in [6.07, 6.45) is 0. The molecule has 2 rings (SSSR count). The van der Waals surface area contributed by atoms with Crippen molar-refractivity contribution >= 4 is 27.6 Å². The number of nitrogens with two attached hydrogens (primary N) is 1. The van der Waals surface area contributed by atoms with E-state index in [9.17, 15) is 9.18 Å². The molecule has 0 radical (unpaired) electrons. The van der Waals surface area contributed by atoms with Gasteiger partial charge in [-0.15, -0.1) is 0 Å². The Balaban J connectivity index is 2.40. The van der Waals surface area contributed by atoms with E-state index in [-0.39, 0.29) is 17.0 Å². The van der Waals surface area contributed by atoms with Gasteiger partial charge in [0.1, 0.15) is 5.75 Å². The molecule has 0 heterocycles. The van der Waals surface area contributed by atoms with Crippen molar-refractivity contribution in [3.63, 3.8) is 0 Å². The van der Waals surface area contributed by atoms with Crippen LogP contribution in [0.2, 0.25) is 0 Å². The molecule has 0 spiro atoms. The second-order valence-electron chi connectivity index (χ2n) is 3.73. The average molecular weight is 326 g/mol. The van der Waals surface area contributed by atoms with Crippen molar-refractivity contribution in [2.45, 2.75) is 0 Å². The number of carbonyl (C=O) groups is 1. The van der Waals surface area contributed by atoms with Crippen molar-refractivity contribution in [2.75, 3.05) is 5.73 Å². The van der Waals surface area contributed by atoms with Crippen LogP contribution >= 0.6 is 15.9 Å². The van der Waals surface area contributed by atoms with E-state index in [0.29, 0.717) is 5.75 Å². The molecular weight excluding hydrogens is 317 g/mol. The normalized spacial score (nSPS) is 10.2. The quantitative estimate of drug-likeness (QED) is 0.844. The van der Waals surface area contributed by atoms with Crippen LogP contribution in [0.5, 0.6) is 11.5 Å². The molecule has 0 bridgehead atoms. The van der Waals surface area contributed by atoms with Gasteiger partial charge in [0.15, 0.2) is 11.6 Å². The van der Waals surface area contributed by atoms with Gasteiger partial charge in [-0.2, -0.15) is 0 Å². The predicted molar refractivity (Wildman–Crippen MR) is 72.0 cm³/mol. The maximum atomic E-state index is 13.7. The van der Waals surface area contributed by atoms with Gasteiger partial charge in [0.05, 0.1) is 5.56 Å². The van der Waals surface area contributed by atoms with E-state index in [1.54, 1.807) is 24.3 Å². The summed E-state index contributed by atoms with van der Waals surface area (Å²) in [7, 11) is 0. The lowest BCUT2D eigenvalue weighted by Crippen LogP contribution is -2.04. The molecule has 0 amide bonds. The summed E-state index contributed by atoms with van der Waals surface area (Å²) >= 11 is 3.26. The average Bonchev–Trinajstić information content (AvgIpc) is 2.32. The van der Waals surface area contributed by atoms with Crippen molar-refractivity contribution in [1.82, 2.24) is 0 Å². The van der Waals surface area contributed by atoms with E-state index in [1.807, 2.05) is 0 Å². The van der Waals surface area contributed by atoms with Gasteiger partial charge in [0.2, 0.25) is 0 Å². The molecular formula is C13H9BrFNO3. The maximum Gasteiger partial charge on any atom is 0.337 e. The number of carboxylic acids is 1. The Bertz CT molecular complexity index is 646. The Morgan fingerprint density at radius 2 is 2.05 bits per heavy atom. The summed E-state index contributed by atoms with van der Waals surface area (Å²) in [5, 5.41) is 8.93. The molecule has 98 valence electrons. The van der Waals surface area contributed by atoms with Crippen LogP contribution in [-0.2, 0) is 0 Å². The van der Waals surface area contributed by atoms with Crippen LogP contribution in [-0.4, -0.2) is 11.1 Å². The van der Waals surface area contributed by atoms with Crippen molar-refractivity contribution < 1.29 is 19.0 Å². The maximum absolute atomic E-state index is 13.7. The molecule has 0 saturated heterocycles. The summed E-state index contributed by atoms with van der Waals surface area (Å²) < 4.78 is 19.7. The second kappa shape index (κ2) is 5.27. The first-order valence-electron chi connectivity index (χ1n) is 5.23. The highest BCUT2D eigenvalue weighted by Gasteiger charge is 2.14. The third kappa shape index (κ3) is 3.03. The lowest BCUT2D eigenvalue weighted by molar-refractivity contribution is 0.0697. The zero-order valence-electron chi connectivity index (χ0n) is 9.56. The fourth-order valence-corrected chi connectivity index (χ4v) is 1.87. The highest BCUT2D eigenvalue weighted by atomic mass is 79.9. The number of hydrogen-bond donors (Lipinski definition) is 2. The Labute approximate surface area is 116 Å². The largest absolute Gasteiger partial charge is 0.478 e. The molecule has 0 unspecified atom stereocenters. The van der Waals surface area contributed by atoms with Crippen LogP contribution in [0.4, 0.5) is 10.1 Å². The number of hydrogen-bond acceptors (Lipinski definition) is 3.